The van der Waals surface area contributed by atoms with Gasteiger partial charge in [-0.3, -0.25) is 9.36 Å². The first-order valence-corrected chi connectivity index (χ1v) is 12.4. The minimum absolute atomic E-state index is 0.222. The maximum absolute atomic E-state index is 12.4. The van der Waals surface area contributed by atoms with Gasteiger partial charge in [0.25, 0.3) is 0 Å². The van der Waals surface area contributed by atoms with Crippen molar-refractivity contribution in [1.29, 1.82) is 0 Å². The Balaban J connectivity index is 2.25. The monoisotopic (exact) mass is 396 g/mol. The minimum atomic E-state index is -3.61. The van der Waals surface area contributed by atoms with Crippen molar-refractivity contribution in [3.8, 4) is 0 Å². The molecule has 5 heteroatoms. The van der Waals surface area contributed by atoms with Gasteiger partial charge in [-0.25, -0.2) is 0 Å². The van der Waals surface area contributed by atoms with Crippen molar-refractivity contribution < 1.29 is 19.4 Å². The quantitative estimate of drug-likeness (QED) is 0.292. The Hall–Kier alpha value is -1.12. The smallest absolute Gasteiger partial charge is 0.306 e. The van der Waals surface area contributed by atoms with E-state index in [1.165, 1.54) is 70.3 Å². The fourth-order valence-electron chi connectivity index (χ4n) is 3.27. The van der Waals surface area contributed by atoms with Crippen molar-refractivity contribution in [3.63, 3.8) is 0 Å². The first kappa shape index (κ1) is 23.9. The first-order chi connectivity index (χ1) is 12.9. The number of rotatable bonds is 15. The van der Waals surface area contributed by atoms with Crippen LogP contribution in [-0.4, -0.2) is 22.1 Å². The summed E-state index contributed by atoms with van der Waals surface area (Å²) >= 11 is 0. The van der Waals surface area contributed by atoms with Gasteiger partial charge in [-0.2, -0.15) is 0 Å². The lowest BCUT2D eigenvalue weighted by Crippen LogP contribution is -2.18. The zero-order valence-corrected chi connectivity index (χ0v) is 17.9. The van der Waals surface area contributed by atoms with Crippen molar-refractivity contribution in [1.82, 2.24) is 0 Å². The van der Waals surface area contributed by atoms with Gasteiger partial charge in [0, 0.05) is 11.5 Å². The number of benzene rings is 1. The molecule has 0 radical (unpaired) electrons. The van der Waals surface area contributed by atoms with Gasteiger partial charge in [0.05, 0.1) is 5.92 Å². The number of carbonyl (C=O) groups is 1. The second-order valence-electron chi connectivity index (χ2n) is 7.72. The second kappa shape index (κ2) is 13.1. The van der Waals surface area contributed by atoms with E-state index in [-0.39, 0.29) is 6.16 Å². The van der Waals surface area contributed by atoms with Gasteiger partial charge >= 0.3 is 5.97 Å². The van der Waals surface area contributed by atoms with Crippen molar-refractivity contribution in [3.05, 3.63) is 29.8 Å². The second-order valence-corrected chi connectivity index (χ2v) is 10.0. The summed E-state index contributed by atoms with van der Waals surface area (Å²) in [5, 5.41) is 9.28. The zero-order valence-electron chi connectivity index (χ0n) is 17.0. The molecule has 0 saturated heterocycles. The van der Waals surface area contributed by atoms with Gasteiger partial charge < -0.3 is 10.00 Å². The van der Waals surface area contributed by atoms with E-state index in [1.807, 2.05) is 12.1 Å². The van der Waals surface area contributed by atoms with Crippen LogP contribution in [0.25, 0.3) is 0 Å². The Morgan fingerprint density at radius 1 is 0.926 bits per heavy atom. The maximum atomic E-state index is 12.4. The van der Waals surface area contributed by atoms with Crippen LogP contribution in [0.3, 0.4) is 0 Å². The summed E-state index contributed by atoms with van der Waals surface area (Å²) in [7, 11) is -3.61. The van der Waals surface area contributed by atoms with E-state index in [0.29, 0.717) is 5.30 Å². The molecule has 27 heavy (non-hydrogen) atoms. The summed E-state index contributed by atoms with van der Waals surface area (Å²) in [5.41, 5.74) is 1.17. The Labute approximate surface area is 164 Å². The number of carboxylic acid groups (broad SMARTS) is 1. The normalized spacial score (nSPS) is 14.6. The molecule has 2 atom stereocenters. The fourth-order valence-corrected chi connectivity index (χ4v) is 4.99. The molecule has 0 aliphatic rings. The number of unbranched alkanes of at least 4 members (excludes halogenated alkanes) is 9. The molecule has 0 aromatic heterocycles. The van der Waals surface area contributed by atoms with Crippen LogP contribution in [0, 0.1) is 5.92 Å². The lowest BCUT2D eigenvalue weighted by molar-refractivity contribution is -0.140. The molecule has 0 amide bonds. The molecule has 0 heterocycles. The third-order valence-corrected chi connectivity index (χ3v) is 7.25. The molecule has 0 spiro atoms. The van der Waals surface area contributed by atoms with Crippen LogP contribution >= 0.6 is 7.37 Å². The van der Waals surface area contributed by atoms with Gasteiger partial charge in [-0.1, -0.05) is 83.8 Å². The number of hydrogen-bond acceptors (Lipinski definition) is 2. The Kier molecular flexibility index (Phi) is 11.6. The largest absolute Gasteiger partial charge is 0.481 e. The highest BCUT2D eigenvalue weighted by Crippen LogP contribution is 2.41. The molecule has 0 bridgehead atoms. The van der Waals surface area contributed by atoms with Gasteiger partial charge in [-0.05, 0) is 30.5 Å². The Morgan fingerprint density at radius 3 is 1.89 bits per heavy atom. The van der Waals surface area contributed by atoms with Crippen molar-refractivity contribution >= 4 is 18.6 Å². The summed E-state index contributed by atoms with van der Waals surface area (Å²) in [4.78, 5) is 21.1. The summed E-state index contributed by atoms with van der Waals surface area (Å²) in [6.07, 6.45) is 13.9. The molecule has 4 nitrogen and oxygen atoms in total. The minimum Gasteiger partial charge on any atom is -0.481 e. The average Bonchev–Trinajstić information content (AvgIpc) is 2.63. The number of hydrogen-bond donors (Lipinski definition) is 2. The molecule has 154 valence electrons. The van der Waals surface area contributed by atoms with Crippen LogP contribution in [-0.2, 0) is 15.8 Å². The lowest BCUT2D eigenvalue weighted by Gasteiger charge is -2.14. The average molecular weight is 397 g/mol. The predicted molar refractivity (Wildman–Crippen MR) is 113 cm³/mol. The van der Waals surface area contributed by atoms with E-state index in [0.717, 1.165) is 12.8 Å². The van der Waals surface area contributed by atoms with E-state index >= 15 is 0 Å². The lowest BCUT2D eigenvalue weighted by atomic mass is 10.0. The highest BCUT2D eigenvalue weighted by Gasteiger charge is 2.27. The number of carboxylic acids is 1. The Bertz CT molecular complexity index is 582. The van der Waals surface area contributed by atoms with Gasteiger partial charge in [0.2, 0.25) is 7.37 Å². The number of aryl methyl sites for hydroxylation is 1. The van der Waals surface area contributed by atoms with Crippen LogP contribution in [0.4, 0.5) is 0 Å². The molecular formula is C22H37O4P. The summed E-state index contributed by atoms with van der Waals surface area (Å²) < 4.78 is 12.4. The van der Waals surface area contributed by atoms with Crippen LogP contribution in [0.1, 0.15) is 83.6 Å². The highest BCUT2D eigenvalue weighted by molar-refractivity contribution is 7.66. The van der Waals surface area contributed by atoms with Gasteiger partial charge in [0.1, 0.15) is 0 Å². The molecule has 0 aliphatic heterocycles. The van der Waals surface area contributed by atoms with Crippen LogP contribution in [0.15, 0.2) is 24.3 Å². The van der Waals surface area contributed by atoms with Gasteiger partial charge in [0.15, 0.2) is 0 Å². The molecule has 0 aliphatic carbocycles. The zero-order chi connectivity index (χ0) is 20.1. The van der Waals surface area contributed by atoms with E-state index in [1.54, 1.807) is 12.1 Å². The fraction of sp³-hybridized carbons (Fsp3) is 0.682. The van der Waals surface area contributed by atoms with E-state index < -0.39 is 19.3 Å². The highest BCUT2D eigenvalue weighted by atomic mass is 31.2. The topological polar surface area (TPSA) is 74.6 Å². The first-order valence-electron chi connectivity index (χ1n) is 10.5. The van der Waals surface area contributed by atoms with Crippen LogP contribution in [0.2, 0.25) is 0 Å². The maximum Gasteiger partial charge on any atom is 0.306 e. The van der Waals surface area contributed by atoms with Crippen molar-refractivity contribution in [2.24, 2.45) is 5.92 Å². The van der Waals surface area contributed by atoms with E-state index in [9.17, 15) is 14.3 Å². The number of aliphatic carboxylic acids is 1. The standard InChI is InChI=1S/C22H37O4P/c1-3-4-5-6-7-8-9-10-11-12-13-20-14-16-21(17-15-20)27(25,26)18-19(2)22(23)24/h14-17,19H,3-13,18H2,1-2H3,(H,23,24)(H,25,26). The summed E-state index contributed by atoms with van der Waals surface area (Å²) in [5.74, 6) is -1.87. The van der Waals surface area contributed by atoms with Crippen LogP contribution < -0.4 is 5.30 Å². The molecule has 2 N–H and O–H groups in total. The third kappa shape index (κ3) is 10.1. The molecule has 1 rings (SSSR count). The van der Waals surface area contributed by atoms with Crippen molar-refractivity contribution in [2.75, 3.05) is 6.16 Å². The SMILES string of the molecule is CCCCCCCCCCCCc1ccc(P(=O)(O)CC(C)C(=O)O)cc1. The van der Waals surface area contributed by atoms with Crippen LogP contribution in [0.5, 0.6) is 0 Å². The summed E-state index contributed by atoms with van der Waals surface area (Å²) in [6, 6.07) is 7.16. The molecule has 1 aromatic carbocycles. The molecule has 0 saturated carbocycles. The van der Waals surface area contributed by atoms with Gasteiger partial charge in [-0.15, -0.1) is 0 Å². The third-order valence-electron chi connectivity index (χ3n) is 5.10. The summed E-state index contributed by atoms with van der Waals surface area (Å²) in [6.45, 7) is 3.71. The molecule has 2 unspecified atom stereocenters. The van der Waals surface area contributed by atoms with Crippen molar-refractivity contribution in [2.45, 2.75) is 84.5 Å². The Morgan fingerprint density at radius 2 is 1.41 bits per heavy atom. The molecular weight excluding hydrogens is 359 g/mol. The molecule has 0 fully saturated rings. The van der Waals surface area contributed by atoms with E-state index in [2.05, 4.69) is 6.92 Å². The molecule has 1 aromatic rings. The predicted octanol–water partition coefficient (Wildman–Crippen LogP) is 5.77. The van der Waals surface area contributed by atoms with E-state index in [4.69, 9.17) is 5.11 Å².